The Morgan fingerprint density at radius 3 is 2.50 bits per heavy atom. The van der Waals surface area contributed by atoms with Gasteiger partial charge in [-0.25, -0.2) is 13.4 Å². The Morgan fingerprint density at radius 2 is 1.96 bits per heavy atom. The van der Waals surface area contributed by atoms with Gasteiger partial charge in [0.25, 0.3) is 0 Å². The Balaban J connectivity index is 2.09. The van der Waals surface area contributed by atoms with Crippen LogP contribution >= 0.6 is 0 Å². The summed E-state index contributed by atoms with van der Waals surface area (Å²) in [4.78, 5) is 4.28. The fourth-order valence-electron chi connectivity index (χ4n) is 3.00. The minimum Gasteiger partial charge on any atom is -0.440 e. The predicted molar refractivity (Wildman–Crippen MR) is 91.0 cm³/mol. The SMILES string of the molecule is Cc1cnc(-c2nn(C(C)C)c3c2CN(S(=O)(=O)C(C)C)CC3)o1. The summed E-state index contributed by atoms with van der Waals surface area (Å²) < 4.78 is 34.2. The van der Waals surface area contributed by atoms with Gasteiger partial charge in [0.15, 0.2) is 5.69 Å². The van der Waals surface area contributed by atoms with Gasteiger partial charge in [-0.05, 0) is 34.6 Å². The highest BCUT2D eigenvalue weighted by Gasteiger charge is 2.34. The highest BCUT2D eigenvalue weighted by molar-refractivity contribution is 7.89. The van der Waals surface area contributed by atoms with Crippen molar-refractivity contribution in [3.05, 3.63) is 23.2 Å². The molecule has 0 spiro atoms. The summed E-state index contributed by atoms with van der Waals surface area (Å²) in [5, 5.41) is 4.24. The maximum Gasteiger partial charge on any atom is 0.247 e. The van der Waals surface area contributed by atoms with Crippen molar-refractivity contribution in [1.29, 1.82) is 0 Å². The first-order chi connectivity index (χ1) is 11.2. The van der Waals surface area contributed by atoms with Gasteiger partial charge in [-0.3, -0.25) is 4.68 Å². The molecular formula is C16H24N4O3S. The molecule has 24 heavy (non-hydrogen) atoms. The first kappa shape index (κ1) is 17.2. The molecule has 0 radical (unpaired) electrons. The standard InChI is InChI=1S/C16H24N4O3S/c1-10(2)20-14-6-7-19(24(21,22)11(3)4)9-13(14)15(18-20)16-17-8-12(5)23-16/h8,10-11H,6-7,9H2,1-5H3. The number of sulfonamides is 1. The van der Waals surface area contributed by atoms with Crippen molar-refractivity contribution in [1.82, 2.24) is 19.1 Å². The second-order valence-electron chi connectivity index (χ2n) is 6.77. The molecule has 0 fully saturated rings. The average Bonchev–Trinajstić information content (AvgIpc) is 3.09. The van der Waals surface area contributed by atoms with E-state index < -0.39 is 15.3 Å². The number of aryl methyl sites for hydroxylation is 1. The van der Waals surface area contributed by atoms with E-state index in [1.165, 1.54) is 0 Å². The molecule has 3 heterocycles. The Bertz CT molecular complexity index is 849. The summed E-state index contributed by atoms with van der Waals surface area (Å²) >= 11 is 0. The van der Waals surface area contributed by atoms with Crippen LogP contribution < -0.4 is 0 Å². The lowest BCUT2D eigenvalue weighted by Gasteiger charge is -2.29. The smallest absolute Gasteiger partial charge is 0.247 e. The van der Waals surface area contributed by atoms with E-state index in [2.05, 4.69) is 23.9 Å². The third-order valence-corrected chi connectivity index (χ3v) is 6.54. The lowest BCUT2D eigenvalue weighted by atomic mass is 10.1. The van der Waals surface area contributed by atoms with E-state index in [-0.39, 0.29) is 6.04 Å². The van der Waals surface area contributed by atoms with Crippen LogP contribution in [-0.4, -0.2) is 39.3 Å². The van der Waals surface area contributed by atoms with Crippen molar-refractivity contribution >= 4 is 10.0 Å². The molecule has 0 saturated heterocycles. The lowest BCUT2D eigenvalue weighted by molar-refractivity contribution is 0.375. The summed E-state index contributed by atoms with van der Waals surface area (Å²) in [5.41, 5.74) is 2.63. The minimum absolute atomic E-state index is 0.191. The quantitative estimate of drug-likeness (QED) is 0.844. The second-order valence-corrected chi connectivity index (χ2v) is 9.25. The maximum atomic E-state index is 12.5. The zero-order chi connectivity index (χ0) is 17.6. The molecule has 0 bridgehead atoms. The van der Waals surface area contributed by atoms with Crippen LogP contribution in [0.25, 0.3) is 11.6 Å². The minimum atomic E-state index is -3.30. The Labute approximate surface area is 142 Å². The van der Waals surface area contributed by atoms with E-state index >= 15 is 0 Å². The van der Waals surface area contributed by atoms with E-state index in [4.69, 9.17) is 4.42 Å². The van der Waals surface area contributed by atoms with Crippen LogP contribution in [0.3, 0.4) is 0 Å². The van der Waals surface area contributed by atoms with Gasteiger partial charge >= 0.3 is 0 Å². The van der Waals surface area contributed by atoms with Gasteiger partial charge in [0.2, 0.25) is 15.9 Å². The number of hydrogen-bond acceptors (Lipinski definition) is 5. The van der Waals surface area contributed by atoms with Crippen LogP contribution in [0.2, 0.25) is 0 Å². The highest BCUT2D eigenvalue weighted by atomic mass is 32.2. The molecular weight excluding hydrogens is 328 g/mol. The number of aromatic nitrogens is 3. The van der Waals surface area contributed by atoms with Gasteiger partial charge in [-0.1, -0.05) is 0 Å². The van der Waals surface area contributed by atoms with E-state index in [0.29, 0.717) is 36.9 Å². The molecule has 0 aromatic carbocycles. The van der Waals surface area contributed by atoms with E-state index in [1.807, 2.05) is 11.6 Å². The zero-order valence-corrected chi connectivity index (χ0v) is 15.6. The molecule has 1 aliphatic rings. The summed E-state index contributed by atoms with van der Waals surface area (Å²) in [7, 11) is -3.30. The summed E-state index contributed by atoms with van der Waals surface area (Å²) in [6, 6.07) is 0.191. The molecule has 8 heteroatoms. The Kier molecular flexibility index (Phi) is 4.29. The molecule has 0 atom stereocenters. The fraction of sp³-hybridized carbons (Fsp3) is 0.625. The van der Waals surface area contributed by atoms with Gasteiger partial charge < -0.3 is 4.42 Å². The molecule has 0 aliphatic carbocycles. The van der Waals surface area contributed by atoms with Crippen LogP contribution in [0, 0.1) is 6.92 Å². The number of nitrogens with zero attached hydrogens (tertiary/aromatic N) is 4. The molecule has 132 valence electrons. The number of hydrogen-bond donors (Lipinski definition) is 0. The fourth-order valence-corrected chi connectivity index (χ4v) is 4.25. The molecule has 0 unspecified atom stereocenters. The van der Waals surface area contributed by atoms with E-state index in [1.54, 1.807) is 24.3 Å². The number of oxazole rings is 1. The zero-order valence-electron chi connectivity index (χ0n) is 14.8. The molecule has 1 aliphatic heterocycles. The van der Waals surface area contributed by atoms with Crippen LogP contribution in [0.4, 0.5) is 0 Å². The largest absolute Gasteiger partial charge is 0.440 e. The number of rotatable bonds is 4. The van der Waals surface area contributed by atoms with E-state index in [0.717, 1.165) is 11.3 Å². The normalized spacial score (nSPS) is 16.1. The Morgan fingerprint density at radius 1 is 1.25 bits per heavy atom. The average molecular weight is 352 g/mol. The predicted octanol–water partition coefficient (Wildman–Crippen LogP) is 2.52. The summed E-state index contributed by atoms with van der Waals surface area (Å²) in [6.07, 6.45) is 2.30. The molecule has 0 N–H and O–H groups in total. The summed E-state index contributed by atoms with van der Waals surface area (Å²) in [5.74, 6) is 1.16. The molecule has 3 rings (SSSR count). The van der Waals surface area contributed by atoms with Crippen molar-refractivity contribution in [3.63, 3.8) is 0 Å². The van der Waals surface area contributed by atoms with E-state index in [9.17, 15) is 8.42 Å². The second kappa shape index (κ2) is 6.00. The number of fused-ring (bicyclic) bond motifs is 1. The molecule has 2 aromatic rings. The van der Waals surface area contributed by atoms with Gasteiger partial charge in [-0.2, -0.15) is 9.40 Å². The van der Waals surface area contributed by atoms with Crippen LogP contribution in [0.1, 0.15) is 50.8 Å². The van der Waals surface area contributed by atoms with Gasteiger partial charge in [0.1, 0.15) is 5.76 Å². The lowest BCUT2D eigenvalue weighted by Crippen LogP contribution is -2.40. The van der Waals surface area contributed by atoms with Crippen molar-refractivity contribution < 1.29 is 12.8 Å². The van der Waals surface area contributed by atoms with Crippen molar-refractivity contribution in [2.24, 2.45) is 0 Å². The topological polar surface area (TPSA) is 81.2 Å². The van der Waals surface area contributed by atoms with Crippen molar-refractivity contribution in [2.75, 3.05) is 6.54 Å². The molecule has 2 aromatic heterocycles. The van der Waals surface area contributed by atoms with Crippen LogP contribution in [0.15, 0.2) is 10.6 Å². The molecule has 7 nitrogen and oxygen atoms in total. The van der Waals surface area contributed by atoms with Crippen LogP contribution in [-0.2, 0) is 23.0 Å². The van der Waals surface area contributed by atoms with Crippen molar-refractivity contribution in [2.45, 2.75) is 58.9 Å². The Hall–Kier alpha value is -1.67. The first-order valence-electron chi connectivity index (χ1n) is 8.23. The van der Waals surface area contributed by atoms with Gasteiger partial charge in [0.05, 0.1) is 11.4 Å². The summed E-state index contributed by atoms with van der Waals surface area (Å²) in [6.45, 7) is 10.2. The third kappa shape index (κ3) is 2.77. The van der Waals surface area contributed by atoms with Gasteiger partial charge in [0, 0.05) is 36.8 Å². The van der Waals surface area contributed by atoms with Gasteiger partial charge in [-0.15, -0.1) is 0 Å². The first-order valence-corrected chi connectivity index (χ1v) is 9.74. The van der Waals surface area contributed by atoms with Crippen molar-refractivity contribution in [3.8, 4) is 11.6 Å². The third-order valence-electron chi connectivity index (χ3n) is 4.32. The molecule has 0 saturated carbocycles. The molecule has 0 amide bonds. The maximum absolute atomic E-state index is 12.5. The highest BCUT2D eigenvalue weighted by Crippen LogP contribution is 2.32. The van der Waals surface area contributed by atoms with Crippen LogP contribution in [0.5, 0.6) is 0 Å². The monoisotopic (exact) mass is 352 g/mol.